The number of rotatable bonds is 4. The normalized spacial score (nSPS) is 14.3. The predicted molar refractivity (Wildman–Crippen MR) is 102 cm³/mol. The molecule has 24 heavy (non-hydrogen) atoms. The first-order chi connectivity index (χ1) is 11.7. The molecule has 126 valence electrons. The zero-order valence-electron chi connectivity index (χ0n) is 13.2. The van der Waals surface area contributed by atoms with Gasteiger partial charge < -0.3 is 20.3 Å². The Morgan fingerprint density at radius 2 is 1.92 bits per heavy atom. The number of halogens is 1. The highest BCUT2D eigenvalue weighted by Crippen LogP contribution is 2.15. The SMILES string of the molecule is S=C(NCc1ccc(Cl)cc1)Nc1ccc(N2CCOCC2)nc1. The van der Waals surface area contributed by atoms with E-state index in [4.69, 9.17) is 28.6 Å². The Kier molecular flexibility index (Phi) is 5.85. The molecule has 3 rings (SSSR count). The highest BCUT2D eigenvalue weighted by atomic mass is 35.5. The van der Waals surface area contributed by atoms with Crippen LogP contribution in [0.1, 0.15) is 5.56 Å². The summed E-state index contributed by atoms with van der Waals surface area (Å²) < 4.78 is 5.35. The molecule has 0 spiro atoms. The van der Waals surface area contributed by atoms with E-state index in [0.717, 1.165) is 48.4 Å². The van der Waals surface area contributed by atoms with Gasteiger partial charge in [-0.2, -0.15) is 0 Å². The Morgan fingerprint density at radius 1 is 1.17 bits per heavy atom. The summed E-state index contributed by atoms with van der Waals surface area (Å²) in [5.74, 6) is 0.962. The molecule has 0 unspecified atom stereocenters. The average Bonchev–Trinajstić information content (AvgIpc) is 2.63. The number of benzene rings is 1. The van der Waals surface area contributed by atoms with Gasteiger partial charge in [0.15, 0.2) is 5.11 Å². The number of nitrogens with zero attached hydrogens (tertiary/aromatic N) is 2. The third kappa shape index (κ3) is 4.80. The number of thiocarbonyl (C=S) groups is 1. The van der Waals surface area contributed by atoms with Gasteiger partial charge in [-0.3, -0.25) is 0 Å². The van der Waals surface area contributed by atoms with Crippen molar-refractivity contribution in [1.29, 1.82) is 0 Å². The van der Waals surface area contributed by atoms with Gasteiger partial charge in [-0.05, 0) is 42.0 Å². The smallest absolute Gasteiger partial charge is 0.171 e. The summed E-state index contributed by atoms with van der Waals surface area (Å²) in [4.78, 5) is 6.70. The van der Waals surface area contributed by atoms with Crippen LogP contribution in [0.2, 0.25) is 5.02 Å². The fourth-order valence-electron chi connectivity index (χ4n) is 2.40. The lowest BCUT2D eigenvalue weighted by Crippen LogP contribution is -2.36. The molecule has 0 aliphatic carbocycles. The second-order valence-electron chi connectivity index (χ2n) is 5.44. The Labute approximate surface area is 152 Å². The van der Waals surface area contributed by atoms with Crippen molar-refractivity contribution in [3.05, 3.63) is 53.2 Å². The maximum Gasteiger partial charge on any atom is 0.171 e. The van der Waals surface area contributed by atoms with Crippen LogP contribution in [0.5, 0.6) is 0 Å². The molecular weight excluding hydrogens is 344 g/mol. The van der Waals surface area contributed by atoms with Crippen LogP contribution in [0.3, 0.4) is 0 Å². The minimum Gasteiger partial charge on any atom is -0.378 e. The van der Waals surface area contributed by atoms with Gasteiger partial charge in [-0.25, -0.2) is 4.98 Å². The Hall–Kier alpha value is -1.89. The summed E-state index contributed by atoms with van der Waals surface area (Å²) in [6, 6.07) is 11.6. The summed E-state index contributed by atoms with van der Waals surface area (Å²) >= 11 is 11.2. The van der Waals surface area contributed by atoms with E-state index in [0.29, 0.717) is 11.7 Å². The number of ether oxygens (including phenoxy) is 1. The summed E-state index contributed by atoms with van der Waals surface area (Å²) in [6.45, 7) is 3.89. The third-order valence-corrected chi connectivity index (χ3v) is 4.21. The number of nitrogens with one attached hydrogen (secondary N) is 2. The van der Waals surface area contributed by atoms with Gasteiger partial charge in [0.1, 0.15) is 5.82 Å². The molecule has 2 N–H and O–H groups in total. The zero-order valence-corrected chi connectivity index (χ0v) is 14.7. The fourth-order valence-corrected chi connectivity index (χ4v) is 2.72. The van der Waals surface area contributed by atoms with Gasteiger partial charge in [-0.1, -0.05) is 23.7 Å². The molecule has 7 heteroatoms. The van der Waals surface area contributed by atoms with E-state index in [1.165, 1.54) is 0 Å². The van der Waals surface area contributed by atoms with Gasteiger partial charge in [0.2, 0.25) is 0 Å². The largest absolute Gasteiger partial charge is 0.378 e. The van der Waals surface area contributed by atoms with Crippen LogP contribution in [0.25, 0.3) is 0 Å². The summed E-state index contributed by atoms with van der Waals surface area (Å²) in [7, 11) is 0. The first kappa shape index (κ1) is 17.0. The Morgan fingerprint density at radius 3 is 2.58 bits per heavy atom. The number of aromatic nitrogens is 1. The monoisotopic (exact) mass is 362 g/mol. The second-order valence-corrected chi connectivity index (χ2v) is 6.28. The minimum absolute atomic E-state index is 0.561. The second kappa shape index (κ2) is 8.28. The highest BCUT2D eigenvalue weighted by Gasteiger charge is 2.12. The van der Waals surface area contributed by atoms with E-state index in [1.54, 1.807) is 6.20 Å². The summed E-state index contributed by atoms with van der Waals surface area (Å²) in [6.07, 6.45) is 1.79. The number of pyridine rings is 1. The molecule has 0 amide bonds. The first-order valence-corrected chi connectivity index (χ1v) is 8.57. The van der Waals surface area contributed by atoms with Gasteiger partial charge in [0.05, 0.1) is 25.1 Å². The number of morpholine rings is 1. The van der Waals surface area contributed by atoms with E-state index in [-0.39, 0.29) is 0 Å². The van der Waals surface area contributed by atoms with E-state index < -0.39 is 0 Å². The molecule has 0 saturated carbocycles. The molecule has 5 nitrogen and oxygen atoms in total. The lowest BCUT2D eigenvalue weighted by atomic mass is 10.2. The fraction of sp³-hybridized carbons (Fsp3) is 0.294. The van der Waals surface area contributed by atoms with E-state index in [2.05, 4.69) is 20.5 Å². The van der Waals surface area contributed by atoms with Crippen molar-refractivity contribution in [3.63, 3.8) is 0 Å². The molecule has 1 aromatic heterocycles. The Balaban J connectivity index is 1.49. The lowest BCUT2D eigenvalue weighted by Gasteiger charge is -2.27. The van der Waals surface area contributed by atoms with Crippen molar-refractivity contribution in [2.24, 2.45) is 0 Å². The molecule has 2 heterocycles. The maximum atomic E-state index is 5.87. The van der Waals surface area contributed by atoms with Gasteiger partial charge in [0, 0.05) is 24.7 Å². The molecule has 0 bridgehead atoms. The average molecular weight is 363 g/mol. The molecule has 1 aliphatic heterocycles. The molecule has 2 aromatic rings. The van der Waals surface area contributed by atoms with E-state index in [9.17, 15) is 0 Å². The predicted octanol–water partition coefficient (Wildman–Crippen LogP) is 3.06. The minimum atomic E-state index is 0.561. The summed E-state index contributed by atoms with van der Waals surface area (Å²) in [5.41, 5.74) is 1.98. The maximum absolute atomic E-state index is 5.87. The van der Waals surface area contributed by atoms with Crippen LogP contribution < -0.4 is 15.5 Å². The molecule has 1 saturated heterocycles. The lowest BCUT2D eigenvalue weighted by molar-refractivity contribution is 0.122. The molecule has 0 atom stereocenters. The topological polar surface area (TPSA) is 49.4 Å². The van der Waals surface area contributed by atoms with Crippen LogP contribution in [-0.4, -0.2) is 36.4 Å². The molecule has 1 fully saturated rings. The highest BCUT2D eigenvalue weighted by molar-refractivity contribution is 7.80. The van der Waals surface area contributed by atoms with Crippen LogP contribution >= 0.6 is 23.8 Å². The number of hydrogen-bond acceptors (Lipinski definition) is 4. The van der Waals surface area contributed by atoms with E-state index in [1.807, 2.05) is 36.4 Å². The van der Waals surface area contributed by atoms with Crippen molar-refractivity contribution in [1.82, 2.24) is 10.3 Å². The van der Waals surface area contributed by atoms with Crippen molar-refractivity contribution in [2.45, 2.75) is 6.54 Å². The van der Waals surface area contributed by atoms with Gasteiger partial charge in [0.25, 0.3) is 0 Å². The molecule has 1 aromatic carbocycles. The van der Waals surface area contributed by atoms with Crippen molar-refractivity contribution >= 4 is 40.4 Å². The standard InChI is InChI=1S/C17H19ClN4OS/c18-14-3-1-13(2-4-14)11-20-17(24)21-15-5-6-16(19-12-15)22-7-9-23-10-8-22/h1-6,12H,7-11H2,(H2,20,21,24). The molecule has 1 aliphatic rings. The van der Waals surface area contributed by atoms with Crippen LogP contribution in [0.4, 0.5) is 11.5 Å². The first-order valence-electron chi connectivity index (χ1n) is 7.79. The summed E-state index contributed by atoms with van der Waals surface area (Å²) in [5, 5.41) is 7.60. The Bertz CT molecular complexity index is 672. The van der Waals surface area contributed by atoms with Crippen LogP contribution in [-0.2, 0) is 11.3 Å². The number of hydrogen-bond donors (Lipinski definition) is 2. The van der Waals surface area contributed by atoms with Crippen molar-refractivity contribution in [2.75, 3.05) is 36.5 Å². The molecule has 0 radical (unpaired) electrons. The third-order valence-electron chi connectivity index (χ3n) is 3.71. The van der Waals surface area contributed by atoms with Crippen LogP contribution in [0.15, 0.2) is 42.6 Å². The zero-order chi connectivity index (χ0) is 16.8. The van der Waals surface area contributed by atoms with Crippen molar-refractivity contribution in [3.8, 4) is 0 Å². The van der Waals surface area contributed by atoms with Gasteiger partial charge >= 0.3 is 0 Å². The van der Waals surface area contributed by atoms with Crippen molar-refractivity contribution < 1.29 is 4.74 Å². The van der Waals surface area contributed by atoms with Crippen LogP contribution in [0, 0.1) is 0 Å². The molecular formula is C17H19ClN4OS. The van der Waals surface area contributed by atoms with Gasteiger partial charge in [-0.15, -0.1) is 0 Å². The quantitative estimate of drug-likeness (QED) is 0.815. The van der Waals surface area contributed by atoms with E-state index >= 15 is 0 Å². The number of anilines is 2.